The molecule has 1 spiro atoms. The summed E-state index contributed by atoms with van der Waals surface area (Å²) in [7, 11) is 0. The second kappa shape index (κ2) is 6.67. The lowest BCUT2D eigenvalue weighted by atomic mass is 10.0. The van der Waals surface area contributed by atoms with E-state index in [0.717, 1.165) is 43.8 Å². The van der Waals surface area contributed by atoms with Crippen LogP contribution in [0.2, 0.25) is 0 Å². The molecule has 0 saturated carbocycles. The highest BCUT2D eigenvalue weighted by Crippen LogP contribution is 2.30. The Morgan fingerprint density at radius 2 is 2.00 bits per heavy atom. The summed E-state index contributed by atoms with van der Waals surface area (Å²) >= 11 is 0. The molecule has 2 heterocycles. The summed E-state index contributed by atoms with van der Waals surface area (Å²) in [5.41, 5.74) is 1.12. The van der Waals surface area contributed by atoms with Crippen LogP contribution >= 0.6 is 0 Å². The number of ether oxygens (including phenoxy) is 3. The Labute approximate surface area is 131 Å². The number of rotatable bonds is 3. The van der Waals surface area contributed by atoms with Crippen molar-refractivity contribution in [1.82, 2.24) is 4.90 Å². The minimum atomic E-state index is -0.452. The molecule has 0 aromatic heterocycles. The van der Waals surface area contributed by atoms with Gasteiger partial charge < -0.3 is 19.1 Å². The van der Waals surface area contributed by atoms with Gasteiger partial charge in [-0.05, 0) is 31.0 Å². The number of amides is 1. The number of aryl methyl sites for hydroxylation is 1. The molecule has 2 saturated heterocycles. The van der Waals surface area contributed by atoms with E-state index in [2.05, 4.69) is 0 Å². The largest absolute Gasteiger partial charge is 0.484 e. The zero-order valence-corrected chi connectivity index (χ0v) is 13.0. The van der Waals surface area contributed by atoms with E-state index in [9.17, 15) is 4.79 Å². The maximum atomic E-state index is 12.2. The van der Waals surface area contributed by atoms with Crippen molar-refractivity contribution >= 4 is 5.91 Å². The molecule has 0 aliphatic carbocycles. The molecule has 1 amide bonds. The topological polar surface area (TPSA) is 48.0 Å². The van der Waals surface area contributed by atoms with E-state index in [-0.39, 0.29) is 12.5 Å². The molecule has 120 valence electrons. The van der Waals surface area contributed by atoms with Gasteiger partial charge in [0.2, 0.25) is 0 Å². The van der Waals surface area contributed by atoms with Gasteiger partial charge in [0.25, 0.3) is 5.91 Å². The number of carbonyl (C=O) groups excluding carboxylic acids is 1. The van der Waals surface area contributed by atoms with E-state index in [1.165, 1.54) is 0 Å². The summed E-state index contributed by atoms with van der Waals surface area (Å²) in [6.45, 7) is 4.92. The summed E-state index contributed by atoms with van der Waals surface area (Å²) in [6.07, 6.45) is 2.43. The van der Waals surface area contributed by atoms with Crippen LogP contribution in [0.1, 0.15) is 24.8 Å². The molecule has 2 aliphatic rings. The van der Waals surface area contributed by atoms with E-state index in [0.29, 0.717) is 13.1 Å². The van der Waals surface area contributed by atoms with E-state index in [4.69, 9.17) is 14.2 Å². The molecule has 1 aromatic carbocycles. The van der Waals surface area contributed by atoms with Crippen LogP contribution in [0, 0.1) is 6.92 Å². The van der Waals surface area contributed by atoms with Crippen molar-refractivity contribution in [2.45, 2.75) is 32.0 Å². The van der Waals surface area contributed by atoms with Gasteiger partial charge in [0, 0.05) is 25.9 Å². The third-order valence-electron chi connectivity index (χ3n) is 4.25. The highest BCUT2D eigenvalue weighted by atomic mass is 16.7. The first-order valence-corrected chi connectivity index (χ1v) is 7.92. The lowest BCUT2D eigenvalue weighted by Gasteiger charge is -2.43. The van der Waals surface area contributed by atoms with E-state index in [1.54, 1.807) is 0 Å². The van der Waals surface area contributed by atoms with Crippen LogP contribution in [0.25, 0.3) is 0 Å². The SMILES string of the molecule is Cc1cccc(OCC(=O)N2CCC3(CC2)OCCCO3)c1. The second-order valence-electron chi connectivity index (χ2n) is 5.95. The first-order chi connectivity index (χ1) is 10.7. The Morgan fingerprint density at radius 1 is 1.27 bits per heavy atom. The predicted molar refractivity (Wildman–Crippen MR) is 81.7 cm³/mol. The smallest absolute Gasteiger partial charge is 0.260 e. The quantitative estimate of drug-likeness (QED) is 0.858. The summed E-state index contributed by atoms with van der Waals surface area (Å²) < 4.78 is 17.2. The average Bonchev–Trinajstić information content (AvgIpc) is 2.54. The van der Waals surface area contributed by atoms with Crippen LogP contribution in [0.3, 0.4) is 0 Å². The summed E-state index contributed by atoms with van der Waals surface area (Å²) in [6, 6.07) is 7.73. The lowest BCUT2D eigenvalue weighted by Crippen LogP contribution is -2.52. The second-order valence-corrected chi connectivity index (χ2v) is 5.95. The van der Waals surface area contributed by atoms with Gasteiger partial charge in [-0.1, -0.05) is 12.1 Å². The van der Waals surface area contributed by atoms with Crippen molar-refractivity contribution in [3.05, 3.63) is 29.8 Å². The fourth-order valence-corrected chi connectivity index (χ4v) is 2.94. The van der Waals surface area contributed by atoms with Crippen LogP contribution in [-0.2, 0) is 14.3 Å². The maximum absolute atomic E-state index is 12.2. The van der Waals surface area contributed by atoms with E-state index < -0.39 is 5.79 Å². The van der Waals surface area contributed by atoms with Gasteiger partial charge in [-0.15, -0.1) is 0 Å². The van der Waals surface area contributed by atoms with Crippen molar-refractivity contribution in [2.75, 3.05) is 32.9 Å². The van der Waals surface area contributed by atoms with Crippen molar-refractivity contribution in [1.29, 1.82) is 0 Å². The van der Waals surface area contributed by atoms with Gasteiger partial charge in [0.15, 0.2) is 12.4 Å². The molecule has 3 rings (SSSR count). The zero-order valence-electron chi connectivity index (χ0n) is 13.0. The molecule has 5 heteroatoms. The molecule has 1 aromatic rings. The number of hydrogen-bond acceptors (Lipinski definition) is 4. The van der Waals surface area contributed by atoms with Crippen molar-refractivity contribution in [3.8, 4) is 5.75 Å². The van der Waals surface area contributed by atoms with E-state index in [1.807, 2.05) is 36.1 Å². The summed E-state index contributed by atoms with van der Waals surface area (Å²) in [5, 5.41) is 0. The minimum Gasteiger partial charge on any atom is -0.484 e. The number of carbonyl (C=O) groups is 1. The monoisotopic (exact) mass is 305 g/mol. The third kappa shape index (κ3) is 3.59. The Hall–Kier alpha value is -1.59. The predicted octanol–water partition coefficient (Wildman–Crippen LogP) is 2.13. The molecule has 0 N–H and O–H groups in total. The molecule has 5 nitrogen and oxygen atoms in total. The number of piperidine rings is 1. The molecule has 0 unspecified atom stereocenters. The van der Waals surface area contributed by atoms with Gasteiger partial charge >= 0.3 is 0 Å². The highest BCUT2D eigenvalue weighted by Gasteiger charge is 2.39. The fourth-order valence-electron chi connectivity index (χ4n) is 2.94. The van der Waals surface area contributed by atoms with Gasteiger partial charge in [-0.3, -0.25) is 4.79 Å². The number of nitrogens with zero attached hydrogens (tertiary/aromatic N) is 1. The Kier molecular flexibility index (Phi) is 4.64. The minimum absolute atomic E-state index is 0.0205. The first-order valence-electron chi connectivity index (χ1n) is 7.92. The summed E-state index contributed by atoms with van der Waals surface area (Å²) in [4.78, 5) is 14.1. The third-order valence-corrected chi connectivity index (χ3v) is 4.25. The molecule has 0 atom stereocenters. The van der Waals surface area contributed by atoms with Crippen LogP contribution in [0.4, 0.5) is 0 Å². The van der Waals surface area contributed by atoms with Gasteiger partial charge in [0.05, 0.1) is 13.2 Å². The number of benzene rings is 1. The Bertz CT molecular complexity index is 515. The maximum Gasteiger partial charge on any atom is 0.260 e. The highest BCUT2D eigenvalue weighted by molar-refractivity contribution is 5.77. The molecular formula is C17H23NO4. The van der Waals surface area contributed by atoms with E-state index >= 15 is 0 Å². The van der Waals surface area contributed by atoms with Crippen LogP contribution in [-0.4, -0.2) is 49.5 Å². The van der Waals surface area contributed by atoms with Gasteiger partial charge in [0.1, 0.15) is 5.75 Å². The lowest BCUT2D eigenvalue weighted by molar-refractivity contribution is -0.282. The number of likely N-dealkylation sites (tertiary alicyclic amines) is 1. The normalized spacial score (nSPS) is 20.9. The molecule has 0 radical (unpaired) electrons. The molecule has 2 fully saturated rings. The molecule has 22 heavy (non-hydrogen) atoms. The average molecular weight is 305 g/mol. The fraction of sp³-hybridized carbons (Fsp3) is 0.588. The van der Waals surface area contributed by atoms with Crippen LogP contribution in [0.15, 0.2) is 24.3 Å². The number of hydrogen-bond donors (Lipinski definition) is 0. The van der Waals surface area contributed by atoms with Gasteiger partial charge in [-0.2, -0.15) is 0 Å². The molecule has 2 aliphatic heterocycles. The van der Waals surface area contributed by atoms with Crippen molar-refractivity contribution in [2.24, 2.45) is 0 Å². The molecule has 0 bridgehead atoms. The molecular weight excluding hydrogens is 282 g/mol. The Balaban J connectivity index is 1.47. The summed E-state index contributed by atoms with van der Waals surface area (Å²) in [5.74, 6) is 0.305. The van der Waals surface area contributed by atoms with Gasteiger partial charge in [-0.25, -0.2) is 0 Å². The standard InChI is InChI=1S/C17H23NO4/c1-14-4-2-5-15(12-14)20-13-16(19)18-8-6-17(7-9-18)21-10-3-11-22-17/h2,4-5,12H,3,6-11,13H2,1H3. The van der Waals surface area contributed by atoms with Crippen LogP contribution < -0.4 is 4.74 Å². The van der Waals surface area contributed by atoms with Crippen LogP contribution in [0.5, 0.6) is 5.75 Å². The zero-order chi connectivity index (χ0) is 15.4. The van der Waals surface area contributed by atoms with Crippen molar-refractivity contribution in [3.63, 3.8) is 0 Å². The van der Waals surface area contributed by atoms with Crippen molar-refractivity contribution < 1.29 is 19.0 Å². The Morgan fingerprint density at radius 3 is 2.68 bits per heavy atom. The first kappa shape index (κ1) is 15.3.